The Kier molecular flexibility index (Phi) is 10.4. The first-order valence-electron chi connectivity index (χ1n) is 13.5. The lowest BCUT2D eigenvalue weighted by molar-refractivity contribution is -0.112. The molecule has 0 bridgehead atoms. The molecular weight excluding hydrogens is 532 g/mol. The summed E-state index contributed by atoms with van der Waals surface area (Å²) in [7, 11) is 0. The second-order valence-electron chi connectivity index (χ2n) is 9.09. The predicted molar refractivity (Wildman–Crippen MR) is 161 cm³/mol. The van der Waals surface area contributed by atoms with Crippen molar-refractivity contribution >= 4 is 17.7 Å². The molecule has 2 N–H and O–H groups in total. The molecule has 0 fully saturated rings. The predicted octanol–water partition coefficient (Wildman–Crippen LogP) is 6.89. The number of phenolic OH excluding ortho intramolecular Hbond substituents is 1. The van der Waals surface area contributed by atoms with Gasteiger partial charge in [-0.1, -0.05) is 42.5 Å². The van der Waals surface area contributed by atoms with Gasteiger partial charge in [-0.25, -0.2) is 0 Å². The number of nitriles is 1. The van der Waals surface area contributed by atoms with Gasteiger partial charge < -0.3 is 29.4 Å². The van der Waals surface area contributed by atoms with Crippen LogP contribution in [0.4, 0.5) is 5.69 Å². The molecule has 4 aromatic rings. The largest absolute Gasteiger partial charge is 0.508 e. The van der Waals surface area contributed by atoms with Gasteiger partial charge in [0, 0.05) is 5.69 Å². The number of ether oxygens (including phenoxy) is 4. The van der Waals surface area contributed by atoms with Gasteiger partial charge in [0.15, 0.2) is 23.0 Å². The Hall–Kier alpha value is -5.42. The smallest absolute Gasteiger partial charge is 0.266 e. The average Bonchev–Trinajstić information content (AvgIpc) is 3.01. The molecule has 0 spiro atoms. The highest BCUT2D eigenvalue weighted by Crippen LogP contribution is 2.33. The minimum absolute atomic E-state index is 0.0782. The quantitative estimate of drug-likeness (QED) is 0.103. The highest BCUT2D eigenvalue weighted by Gasteiger charge is 2.13. The van der Waals surface area contributed by atoms with Crippen LogP contribution in [0.25, 0.3) is 6.08 Å². The van der Waals surface area contributed by atoms with Gasteiger partial charge in [0.1, 0.15) is 30.6 Å². The van der Waals surface area contributed by atoms with Crippen LogP contribution in [0.1, 0.15) is 30.5 Å². The summed E-state index contributed by atoms with van der Waals surface area (Å²) in [5.41, 5.74) is 2.92. The molecule has 0 aliphatic rings. The van der Waals surface area contributed by atoms with Crippen molar-refractivity contribution < 1.29 is 28.8 Å². The SMILES string of the molecule is CCOc1cc(/C=C(\C#N)C(=O)Nc2ccc(O)cc2)ccc1OCc1ccc(OCc2ccccc2)c(OCC)c1. The third-order valence-corrected chi connectivity index (χ3v) is 6.01. The van der Waals surface area contributed by atoms with E-state index in [0.717, 1.165) is 11.1 Å². The van der Waals surface area contributed by atoms with Crippen LogP contribution in [0.2, 0.25) is 0 Å². The molecular formula is C34H32N2O6. The molecule has 0 saturated carbocycles. The lowest BCUT2D eigenvalue weighted by Crippen LogP contribution is -2.13. The molecule has 1 amide bonds. The Bertz CT molecular complexity index is 1560. The second-order valence-corrected chi connectivity index (χ2v) is 9.09. The number of carbonyl (C=O) groups is 1. The van der Waals surface area contributed by atoms with E-state index in [1.807, 2.05) is 68.4 Å². The maximum atomic E-state index is 12.6. The Balaban J connectivity index is 1.46. The molecule has 0 heterocycles. The van der Waals surface area contributed by atoms with Crippen LogP contribution >= 0.6 is 0 Å². The standard InChI is InChI=1S/C34H32N2O6/c1-3-39-32-19-25(18-27(21-35)34(38)36-28-12-14-29(37)15-13-28)10-16-30(32)42-23-26-11-17-31(33(20-26)40-4-2)41-22-24-8-6-5-7-9-24/h5-20,37H,3-4,22-23H2,1-2H3,(H,36,38)/b27-18+. The van der Waals surface area contributed by atoms with Crippen LogP contribution < -0.4 is 24.3 Å². The fourth-order valence-corrected chi connectivity index (χ4v) is 3.99. The van der Waals surface area contributed by atoms with E-state index in [4.69, 9.17) is 18.9 Å². The van der Waals surface area contributed by atoms with Gasteiger partial charge in [-0.2, -0.15) is 5.26 Å². The van der Waals surface area contributed by atoms with Crippen LogP contribution in [-0.4, -0.2) is 24.2 Å². The van der Waals surface area contributed by atoms with Crippen molar-refractivity contribution in [2.75, 3.05) is 18.5 Å². The van der Waals surface area contributed by atoms with Crippen LogP contribution in [0.5, 0.6) is 28.7 Å². The first kappa shape index (κ1) is 29.6. The Morgan fingerprint density at radius 1 is 0.762 bits per heavy atom. The monoisotopic (exact) mass is 564 g/mol. The molecule has 4 aromatic carbocycles. The van der Waals surface area contributed by atoms with E-state index in [0.29, 0.717) is 54.1 Å². The van der Waals surface area contributed by atoms with E-state index in [9.17, 15) is 15.2 Å². The lowest BCUT2D eigenvalue weighted by atomic mass is 10.1. The maximum absolute atomic E-state index is 12.6. The van der Waals surface area contributed by atoms with Crippen LogP contribution in [0.3, 0.4) is 0 Å². The van der Waals surface area contributed by atoms with Gasteiger partial charge in [0.2, 0.25) is 0 Å². The summed E-state index contributed by atoms with van der Waals surface area (Å²) in [6.45, 7) is 5.36. The zero-order valence-electron chi connectivity index (χ0n) is 23.5. The Morgan fingerprint density at radius 3 is 2.02 bits per heavy atom. The summed E-state index contributed by atoms with van der Waals surface area (Å²) in [4.78, 5) is 12.6. The van der Waals surface area contributed by atoms with E-state index < -0.39 is 5.91 Å². The van der Waals surface area contributed by atoms with Crippen LogP contribution in [0.15, 0.2) is 96.6 Å². The Labute approximate surface area is 245 Å². The summed E-state index contributed by atoms with van der Waals surface area (Å²) in [5.74, 6) is 1.80. The number of rotatable bonds is 13. The summed E-state index contributed by atoms with van der Waals surface area (Å²) in [6.07, 6.45) is 1.48. The molecule has 42 heavy (non-hydrogen) atoms. The van der Waals surface area contributed by atoms with E-state index in [1.54, 1.807) is 30.3 Å². The molecule has 0 aromatic heterocycles. The summed E-state index contributed by atoms with van der Waals surface area (Å²) >= 11 is 0. The fraction of sp³-hybridized carbons (Fsp3) is 0.176. The number of benzene rings is 4. The van der Waals surface area contributed by atoms with Crippen molar-refractivity contribution in [3.05, 3.63) is 113 Å². The normalized spacial score (nSPS) is 10.8. The molecule has 0 radical (unpaired) electrons. The van der Waals surface area contributed by atoms with Gasteiger partial charge in [-0.15, -0.1) is 0 Å². The zero-order valence-corrected chi connectivity index (χ0v) is 23.5. The van der Waals surface area contributed by atoms with Crippen molar-refractivity contribution in [1.29, 1.82) is 5.26 Å². The summed E-state index contributed by atoms with van der Waals surface area (Å²) < 4.78 is 23.7. The molecule has 0 unspecified atom stereocenters. The number of nitrogens with zero attached hydrogens (tertiary/aromatic N) is 1. The van der Waals surface area contributed by atoms with E-state index in [1.165, 1.54) is 18.2 Å². The van der Waals surface area contributed by atoms with Gasteiger partial charge in [0.05, 0.1) is 13.2 Å². The van der Waals surface area contributed by atoms with E-state index >= 15 is 0 Å². The topological polar surface area (TPSA) is 110 Å². The number of hydrogen-bond donors (Lipinski definition) is 2. The third kappa shape index (κ3) is 8.29. The fourth-order valence-electron chi connectivity index (χ4n) is 3.99. The van der Waals surface area contributed by atoms with Crippen LogP contribution in [0, 0.1) is 11.3 Å². The van der Waals surface area contributed by atoms with Crippen molar-refractivity contribution in [2.24, 2.45) is 0 Å². The molecule has 4 rings (SSSR count). The van der Waals surface area contributed by atoms with Gasteiger partial charge >= 0.3 is 0 Å². The number of nitrogens with one attached hydrogen (secondary N) is 1. The lowest BCUT2D eigenvalue weighted by Gasteiger charge is -2.15. The minimum Gasteiger partial charge on any atom is -0.508 e. The summed E-state index contributed by atoms with van der Waals surface area (Å²) in [6, 6.07) is 28.7. The number of phenols is 1. The number of amides is 1. The number of carbonyl (C=O) groups excluding carboxylic acids is 1. The van der Waals surface area contributed by atoms with Gasteiger partial charge in [0.25, 0.3) is 5.91 Å². The highest BCUT2D eigenvalue weighted by molar-refractivity contribution is 6.09. The number of anilines is 1. The molecule has 214 valence electrons. The second kappa shape index (κ2) is 14.8. The zero-order chi connectivity index (χ0) is 29.7. The van der Waals surface area contributed by atoms with E-state index in [-0.39, 0.29) is 17.9 Å². The first-order valence-corrected chi connectivity index (χ1v) is 13.5. The average molecular weight is 565 g/mol. The van der Waals surface area contributed by atoms with Gasteiger partial charge in [-0.3, -0.25) is 4.79 Å². The number of hydrogen-bond acceptors (Lipinski definition) is 7. The van der Waals surface area contributed by atoms with Crippen molar-refractivity contribution in [2.45, 2.75) is 27.1 Å². The Morgan fingerprint density at radius 2 is 1.38 bits per heavy atom. The van der Waals surface area contributed by atoms with Gasteiger partial charge in [-0.05, 0) is 85.1 Å². The molecule has 8 nitrogen and oxygen atoms in total. The molecule has 8 heteroatoms. The summed E-state index contributed by atoms with van der Waals surface area (Å²) in [5, 5.41) is 21.7. The minimum atomic E-state index is -0.567. The van der Waals surface area contributed by atoms with Crippen molar-refractivity contribution in [3.63, 3.8) is 0 Å². The molecule has 0 aliphatic heterocycles. The molecule has 0 aliphatic carbocycles. The molecule has 0 saturated heterocycles. The van der Waals surface area contributed by atoms with Crippen molar-refractivity contribution in [1.82, 2.24) is 0 Å². The number of aromatic hydroxyl groups is 1. The van der Waals surface area contributed by atoms with E-state index in [2.05, 4.69) is 5.32 Å². The first-order chi connectivity index (χ1) is 20.5. The maximum Gasteiger partial charge on any atom is 0.266 e. The van der Waals surface area contributed by atoms with Crippen molar-refractivity contribution in [3.8, 4) is 34.8 Å². The highest BCUT2D eigenvalue weighted by atomic mass is 16.5. The third-order valence-electron chi connectivity index (χ3n) is 6.01. The van der Waals surface area contributed by atoms with Crippen LogP contribution in [-0.2, 0) is 18.0 Å². The molecule has 0 atom stereocenters.